The van der Waals surface area contributed by atoms with Crippen molar-refractivity contribution in [1.82, 2.24) is 19.2 Å². The number of aromatic nitrogens is 3. The van der Waals surface area contributed by atoms with Crippen LogP contribution >= 0.6 is 0 Å². The molecular formula is C24H30N6O2. The fourth-order valence-electron chi connectivity index (χ4n) is 4.44. The fourth-order valence-corrected chi connectivity index (χ4v) is 4.44. The van der Waals surface area contributed by atoms with Crippen LogP contribution < -0.4 is 11.1 Å². The second-order valence-corrected chi connectivity index (χ2v) is 8.58. The number of amides is 2. The first-order valence-electron chi connectivity index (χ1n) is 10.9. The first-order chi connectivity index (χ1) is 15.3. The SMILES string of the molecule is Cc1ccc(C)n1-c1c(C(=O)Nc2ccc(CN3CCCC(C(N)=O)C3)cc2)cnn1C. The van der Waals surface area contributed by atoms with E-state index in [0.29, 0.717) is 12.1 Å². The van der Waals surface area contributed by atoms with Gasteiger partial charge in [-0.05, 0) is 63.1 Å². The molecular weight excluding hydrogens is 404 g/mol. The van der Waals surface area contributed by atoms with Crippen molar-refractivity contribution in [3.63, 3.8) is 0 Å². The molecule has 1 aromatic carbocycles. The summed E-state index contributed by atoms with van der Waals surface area (Å²) < 4.78 is 3.75. The van der Waals surface area contributed by atoms with E-state index in [1.165, 1.54) is 0 Å². The molecule has 2 aromatic heterocycles. The molecule has 8 heteroatoms. The molecule has 168 valence electrons. The van der Waals surface area contributed by atoms with Gasteiger partial charge >= 0.3 is 0 Å². The number of carbonyl (C=O) groups is 2. The van der Waals surface area contributed by atoms with Crippen LogP contribution in [0.2, 0.25) is 0 Å². The third kappa shape index (κ3) is 4.45. The molecule has 0 saturated carbocycles. The van der Waals surface area contributed by atoms with Crippen LogP contribution in [0.15, 0.2) is 42.6 Å². The first-order valence-corrected chi connectivity index (χ1v) is 10.9. The maximum absolute atomic E-state index is 13.0. The van der Waals surface area contributed by atoms with Crippen LogP contribution in [0.1, 0.15) is 40.2 Å². The number of nitrogens with zero attached hydrogens (tertiary/aromatic N) is 4. The third-order valence-corrected chi connectivity index (χ3v) is 6.16. The van der Waals surface area contributed by atoms with Crippen LogP contribution in [0.5, 0.6) is 0 Å². The number of likely N-dealkylation sites (tertiary alicyclic amines) is 1. The van der Waals surface area contributed by atoms with Gasteiger partial charge in [0, 0.05) is 37.2 Å². The zero-order valence-electron chi connectivity index (χ0n) is 18.8. The molecule has 2 amide bonds. The smallest absolute Gasteiger partial charge is 0.261 e. The highest BCUT2D eigenvalue weighted by Gasteiger charge is 2.24. The highest BCUT2D eigenvalue weighted by molar-refractivity contribution is 6.06. The summed E-state index contributed by atoms with van der Waals surface area (Å²) in [5.41, 5.74) is 9.94. The van der Waals surface area contributed by atoms with E-state index < -0.39 is 0 Å². The molecule has 1 fully saturated rings. The van der Waals surface area contributed by atoms with Crippen LogP contribution in [0.4, 0.5) is 5.69 Å². The number of hydrogen-bond acceptors (Lipinski definition) is 4. The van der Waals surface area contributed by atoms with Gasteiger partial charge in [0.15, 0.2) is 0 Å². The molecule has 4 rings (SSSR count). The van der Waals surface area contributed by atoms with E-state index in [9.17, 15) is 9.59 Å². The molecule has 3 heterocycles. The molecule has 3 aromatic rings. The van der Waals surface area contributed by atoms with Gasteiger partial charge in [-0.1, -0.05) is 12.1 Å². The lowest BCUT2D eigenvalue weighted by Gasteiger charge is -2.31. The molecule has 1 atom stereocenters. The Morgan fingerprint density at radius 2 is 1.81 bits per heavy atom. The highest BCUT2D eigenvalue weighted by atomic mass is 16.2. The monoisotopic (exact) mass is 434 g/mol. The Labute approximate surface area is 188 Å². The molecule has 1 aliphatic rings. The molecule has 1 aliphatic heterocycles. The van der Waals surface area contributed by atoms with Crippen LogP contribution in [0, 0.1) is 19.8 Å². The van der Waals surface area contributed by atoms with Gasteiger partial charge in [0.05, 0.1) is 12.1 Å². The maximum atomic E-state index is 13.0. The number of aryl methyl sites for hydroxylation is 3. The van der Waals surface area contributed by atoms with Gasteiger partial charge in [0.2, 0.25) is 5.91 Å². The van der Waals surface area contributed by atoms with Crippen molar-refractivity contribution in [2.75, 3.05) is 18.4 Å². The lowest BCUT2D eigenvalue weighted by Crippen LogP contribution is -2.40. The minimum Gasteiger partial charge on any atom is -0.369 e. The van der Waals surface area contributed by atoms with Gasteiger partial charge in [0.25, 0.3) is 5.91 Å². The Hall–Kier alpha value is -3.39. The number of hydrogen-bond donors (Lipinski definition) is 2. The number of piperidine rings is 1. The van der Waals surface area contributed by atoms with Crippen LogP contribution in [0.3, 0.4) is 0 Å². The fraction of sp³-hybridized carbons (Fsp3) is 0.375. The maximum Gasteiger partial charge on any atom is 0.261 e. The standard InChI is InChI=1S/C24H30N6O2/c1-16-6-7-17(2)30(16)24-21(13-26-28(24)3)23(32)27-20-10-8-18(9-11-20)14-29-12-4-5-19(15-29)22(25)31/h6-11,13,19H,4-5,12,14-15H2,1-3H3,(H2,25,31)(H,27,32). The van der Waals surface area contributed by atoms with Gasteiger partial charge in [0.1, 0.15) is 11.4 Å². The van der Waals surface area contributed by atoms with Crippen molar-refractivity contribution in [3.8, 4) is 5.82 Å². The van der Waals surface area contributed by atoms with Crippen molar-refractivity contribution in [3.05, 3.63) is 65.1 Å². The second-order valence-electron chi connectivity index (χ2n) is 8.58. The van der Waals surface area contributed by atoms with Crippen LogP contribution in [-0.2, 0) is 18.4 Å². The zero-order chi connectivity index (χ0) is 22.8. The quantitative estimate of drug-likeness (QED) is 0.623. The molecule has 1 saturated heterocycles. The lowest BCUT2D eigenvalue weighted by molar-refractivity contribution is -0.123. The molecule has 3 N–H and O–H groups in total. The molecule has 0 bridgehead atoms. The van der Waals surface area contributed by atoms with E-state index in [-0.39, 0.29) is 17.7 Å². The first kappa shape index (κ1) is 21.8. The van der Waals surface area contributed by atoms with E-state index in [1.54, 1.807) is 10.9 Å². The predicted octanol–water partition coefficient (Wildman–Crippen LogP) is 2.78. The third-order valence-electron chi connectivity index (χ3n) is 6.16. The Balaban J connectivity index is 1.45. The van der Waals surface area contributed by atoms with Crippen molar-refractivity contribution in [2.45, 2.75) is 33.2 Å². The molecule has 32 heavy (non-hydrogen) atoms. The average molecular weight is 435 g/mol. The van der Waals surface area contributed by atoms with Gasteiger partial charge in [-0.2, -0.15) is 5.10 Å². The van der Waals surface area contributed by atoms with E-state index in [4.69, 9.17) is 5.73 Å². The number of carbonyl (C=O) groups excluding carboxylic acids is 2. The minimum atomic E-state index is -0.215. The number of rotatable bonds is 6. The molecule has 1 unspecified atom stereocenters. The van der Waals surface area contributed by atoms with Gasteiger partial charge in [-0.3, -0.25) is 19.2 Å². The Morgan fingerprint density at radius 3 is 2.47 bits per heavy atom. The van der Waals surface area contributed by atoms with Gasteiger partial charge in [-0.25, -0.2) is 0 Å². The van der Waals surface area contributed by atoms with Gasteiger partial charge < -0.3 is 15.6 Å². The zero-order valence-corrected chi connectivity index (χ0v) is 18.8. The van der Waals surface area contributed by atoms with Crippen molar-refractivity contribution >= 4 is 17.5 Å². The Kier molecular flexibility index (Phi) is 6.14. The highest BCUT2D eigenvalue weighted by Crippen LogP contribution is 2.22. The van der Waals surface area contributed by atoms with E-state index in [2.05, 4.69) is 15.3 Å². The summed E-state index contributed by atoms with van der Waals surface area (Å²) in [5.74, 6) is 0.262. The number of nitrogens with two attached hydrogens (primary N) is 1. The molecule has 0 radical (unpaired) electrons. The van der Waals surface area contributed by atoms with Gasteiger partial charge in [-0.15, -0.1) is 0 Å². The van der Waals surface area contributed by atoms with Crippen LogP contribution in [0.25, 0.3) is 5.82 Å². The van der Waals surface area contributed by atoms with Crippen molar-refractivity contribution < 1.29 is 9.59 Å². The summed E-state index contributed by atoms with van der Waals surface area (Å²) in [7, 11) is 1.84. The molecule has 0 spiro atoms. The Morgan fingerprint density at radius 1 is 1.12 bits per heavy atom. The molecule has 0 aliphatic carbocycles. The molecule has 8 nitrogen and oxygen atoms in total. The second kappa shape index (κ2) is 9.00. The van der Waals surface area contributed by atoms with Crippen molar-refractivity contribution in [2.24, 2.45) is 18.7 Å². The summed E-state index contributed by atoms with van der Waals surface area (Å²) in [6.45, 7) is 6.44. The largest absolute Gasteiger partial charge is 0.369 e. The minimum absolute atomic E-state index is 0.0661. The number of nitrogens with one attached hydrogen (secondary N) is 1. The average Bonchev–Trinajstić information content (AvgIpc) is 3.30. The van der Waals surface area contributed by atoms with Crippen molar-refractivity contribution in [1.29, 1.82) is 0 Å². The van der Waals surface area contributed by atoms with Crippen LogP contribution in [-0.4, -0.2) is 44.2 Å². The summed E-state index contributed by atoms with van der Waals surface area (Å²) in [6.07, 6.45) is 3.45. The normalized spacial score (nSPS) is 16.8. The predicted molar refractivity (Wildman–Crippen MR) is 124 cm³/mol. The van der Waals surface area contributed by atoms with E-state index in [1.807, 2.05) is 61.9 Å². The van der Waals surface area contributed by atoms with E-state index >= 15 is 0 Å². The number of anilines is 1. The number of benzene rings is 1. The Bertz CT molecular complexity index is 1110. The topological polar surface area (TPSA) is 98.2 Å². The lowest BCUT2D eigenvalue weighted by atomic mass is 9.97. The number of primary amides is 1. The summed E-state index contributed by atoms with van der Waals surface area (Å²) in [6, 6.07) is 11.9. The summed E-state index contributed by atoms with van der Waals surface area (Å²) in [5, 5.41) is 7.30. The van der Waals surface area contributed by atoms with E-state index in [0.717, 1.165) is 54.4 Å². The summed E-state index contributed by atoms with van der Waals surface area (Å²) >= 11 is 0. The summed E-state index contributed by atoms with van der Waals surface area (Å²) in [4.78, 5) is 26.8.